The Balaban J connectivity index is 1.40. The summed E-state index contributed by atoms with van der Waals surface area (Å²) >= 11 is 0. The third-order valence-electron chi connectivity index (χ3n) is 5.37. The van der Waals surface area contributed by atoms with Gasteiger partial charge < -0.3 is 21.3 Å². The highest BCUT2D eigenvalue weighted by Crippen LogP contribution is 2.20. The second-order valence-electron chi connectivity index (χ2n) is 7.20. The van der Waals surface area contributed by atoms with Crippen molar-refractivity contribution in [3.63, 3.8) is 0 Å². The predicted molar refractivity (Wildman–Crippen MR) is 116 cm³/mol. The van der Waals surface area contributed by atoms with Crippen LogP contribution in [0.4, 0.5) is 11.5 Å². The molecule has 9 nitrogen and oxygen atoms in total. The first-order valence-corrected chi connectivity index (χ1v) is 9.76. The summed E-state index contributed by atoms with van der Waals surface area (Å²) in [5.41, 5.74) is 14.2. The largest absolute Gasteiger partial charge is 0.382 e. The van der Waals surface area contributed by atoms with E-state index in [1.807, 2.05) is 23.1 Å². The molecule has 1 fully saturated rings. The summed E-state index contributed by atoms with van der Waals surface area (Å²) in [6, 6.07) is 16.1. The molecule has 0 unspecified atom stereocenters. The highest BCUT2D eigenvalue weighted by Gasteiger charge is 2.22. The Morgan fingerprint density at radius 2 is 1.48 bits per heavy atom. The average molecular weight is 415 g/mol. The van der Waals surface area contributed by atoms with Gasteiger partial charge in [-0.3, -0.25) is 9.59 Å². The van der Waals surface area contributed by atoms with Crippen LogP contribution in [0.5, 0.6) is 0 Å². The molecule has 1 saturated heterocycles. The van der Waals surface area contributed by atoms with Gasteiger partial charge in [0, 0.05) is 43.0 Å². The Morgan fingerprint density at radius 3 is 2.03 bits per heavy atom. The van der Waals surface area contributed by atoms with Gasteiger partial charge in [-0.2, -0.15) is 10.4 Å². The van der Waals surface area contributed by atoms with Crippen LogP contribution in [-0.4, -0.2) is 52.7 Å². The van der Waals surface area contributed by atoms with Crippen LogP contribution in [0.25, 0.3) is 5.69 Å². The summed E-state index contributed by atoms with van der Waals surface area (Å²) in [6.45, 7) is 2.58. The van der Waals surface area contributed by atoms with Crippen molar-refractivity contribution in [3.8, 4) is 11.8 Å². The fourth-order valence-corrected chi connectivity index (χ4v) is 3.58. The summed E-state index contributed by atoms with van der Waals surface area (Å²) in [5, 5.41) is 13.1. The standard InChI is InChI=1S/C22H21N7O2/c23-13-17-14-26-29(20(17)24)19-7-3-16(4-8-19)22(31)28-11-9-27(10-12-28)18-5-1-15(2-6-18)21(25)30/h1-8,14H,9-12,24H2,(H2,25,30). The maximum Gasteiger partial charge on any atom is 0.253 e. The van der Waals surface area contributed by atoms with Gasteiger partial charge in [0.25, 0.3) is 5.91 Å². The number of piperazine rings is 1. The fraction of sp³-hybridized carbons (Fsp3) is 0.182. The number of amides is 2. The number of carbonyl (C=O) groups excluding carboxylic acids is 2. The summed E-state index contributed by atoms with van der Waals surface area (Å²) in [4.78, 5) is 28.1. The van der Waals surface area contributed by atoms with Crippen molar-refractivity contribution in [2.45, 2.75) is 0 Å². The van der Waals surface area contributed by atoms with E-state index in [0.29, 0.717) is 48.6 Å². The zero-order valence-electron chi connectivity index (χ0n) is 16.7. The topological polar surface area (TPSA) is 134 Å². The second kappa shape index (κ2) is 8.20. The Bertz CT molecular complexity index is 1150. The van der Waals surface area contributed by atoms with Crippen LogP contribution in [0, 0.1) is 11.3 Å². The Kier molecular flexibility index (Phi) is 5.28. The van der Waals surface area contributed by atoms with Gasteiger partial charge in [0.1, 0.15) is 17.5 Å². The maximum absolute atomic E-state index is 12.9. The number of anilines is 2. The molecule has 3 aromatic rings. The van der Waals surface area contributed by atoms with E-state index in [4.69, 9.17) is 16.7 Å². The number of nitriles is 1. The van der Waals surface area contributed by atoms with Crippen LogP contribution in [-0.2, 0) is 0 Å². The number of nitrogens with zero attached hydrogens (tertiary/aromatic N) is 5. The van der Waals surface area contributed by atoms with Gasteiger partial charge in [-0.15, -0.1) is 0 Å². The molecule has 0 saturated carbocycles. The first kappa shape index (κ1) is 20.0. The molecule has 1 aromatic heterocycles. The van der Waals surface area contributed by atoms with E-state index >= 15 is 0 Å². The third kappa shape index (κ3) is 3.91. The van der Waals surface area contributed by atoms with Gasteiger partial charge in [-0.05, 0) is 48.5 Å². The van der Waals surface area contributed by atoms with Crippen molar-refractivity contribution < 1.29 is 9.59 Å². The van der Waals surface area contributed by atoms with Gasteiger partial charge in [-0.25, -0.2) is 4.68 Å². The van der Waals surface area contributed by atoms with Crippen molar-refractivity contribution in [3.05, 3.63) is 71.4 Å². The monoisotopic (exact) mass is 415 g/mol. The SMILES string of the molecule is N#Cc1cnn(-c2ccc(C(=O)N3CCN(c4ccc(C(N)=O)cc4)CC3)cc2)c1N. The zero-order valence-corrected chi connectivity index (χ0v) is 16.7. The molecule has 0 bridgehead atoms. The minimum Gasteiger partial charge on any atom is -0.382 e. The number of rotatable bonds is 4. The molecule has 2 heterocycles. The predicted octanol–water partition coefficient (Wildman–Crippen LogP) is 1.39. The Labute approximate surface area is 179 Å². The molecule has 2 amide bonds. The lowest BCUT2D eigenvalue weighted by molar-refractivity contribution is 0.0746. The molecule has 1 aliphatic heterocycles. The first-order chi connectivity index (χ1) is 15.0. The van der Waals surface area contributed by atoms with E-state index in [0.717, 1.165) is 5.69 Å². The minimum atomic E-state index is -0.450. The average Bonchev–Trinajstić information content (AvgIpc) is 3.19. The summed E-state index contributed by atoms with van der Waals surface area (Å²) < 4.78 is 1.47. The molecule has 2 aromatic carbocycles. The molecular formula is C22H21N7O2. The maximum atomic E-state index is 12.9. The van der Waals surface area contributed by atoms with Crippen LogP contribution < -0.4 is 16.4 Å². The van der Waals surface area contributed by atoms with E-state index in [2.05, 4.69) is 10.00 Å². The van der Waals surface area contributed by atoms with Crippen LogP contribution in [0.15, 0.2) is 54.7 Å². The Morgan fingerprint density at radius 1 is 0.903 bits per heavy atom. The first-order valence-electron chi connectivity index (χ1n) is 9.76. The number of hydrogen-bond acceptors (Lipinski definition) is 6. The van der Waals surface area contributed by atoms with Crippen molar-refractivity contribution in [1.82, 2.24) is 14.7 Å². The lowest BCUT2D eigenvalue weighted by Gasteiger charge is -2.36. The van der Waals surface area contributed by atoms with Crippen LogP contribution in [0.3, 0.4) is 0 Å². The molecular weight excluding hydrogens is 394 g/mol. The van der Waals surface area contributed by atoms with E-state index < -0.39 is 5.91 Å². The molecule has 0 aliphatic carbocycles. The fourth-order valence-electron chi connectivity index (χ4n) is 3.58. The van der Waals surface area contributed by atoms with Gasteiger partial charge >= 0.3 is 0 Å². The quantitative estimate of drug-likeness (QED) is 0.661. The number of primary amides is 1. The van der Waals surface area contributed by atoms with Crippen molar-refractivity contribution in [2.75, 3.05) is 36.8 Å². The summed E-state index contributed by atoms with van der Waals surface area (Å²) in [7, 11) is 0. The Hall–Kier alpha value is -4.32. The van der Waals surface area contributed by atoms with Gasteiger partial charge in [0.2, 0.25) is 5.91 Å². The molecule has 156 valence electrons. The molecule has 0 spiro atoms. The zero-order chi connectivity index (χ0) is 22.0. The van der Waals surface area contributed by atoms with E-state index in [-0.39, 0.29) is 11.7 Å². The number of hydrogen-bond donors (Lipinski definition) is 2. The minimum absolute atomic E-state index is 0.0403. The molecule has 4 rings (SSSR count). The highest BCUT2D eigenvalue weighted by atomic mass is 16.2. The van der Waals surface area contributed by atoms with E-state index in [1.54, 1.807) is 36.4 Å². The van der Waals surface area contributed by atoms with Gasteiger partial charge in [0.15, 0.2) is 0 Å². The normalized spacial score (nSPS) is 13.6. The molecule has 0 radical (unpaired) electrons. The lowest BCUT2D eigenvalue weighted by Crippen LogP contribution is -2.48. The van der Waals surface area contributed by atoms with Crippen LogP contribution in [0.2, 0.25) is 0 Å². The molecule has 31 heavy (non-hydrogen) atoms. The lowest BCUT2D eigenvalue weighted by atomic mass is 10.1. The third-order valence-corrected chi connectivity index (χ3v) is 5.37. The van der Waals surface area contributed by atoms with E-state index in [9.17, 15) is 9.59 Å². The molecule has 0 atom stereocenters. The molecule has 1 aliphatic rings. The summed E-state index contributed by atoms with van der Waals surface area (Å²) in [6.07, 6.45) is 1.41. The molecule has 4 N–H and O–H groups in total. The smallest absolute Gasteiger partial charge is 0.253 e. The molecule has 9 heteroatoms. The second-order valence-corrected chi connectivity index (χ2v) is 7.20. The van der Waals surface area contributed by atoms with Gasteiger partial charge in [-0.1, -0.05) is 0 Å². The number of nitrogen functional groups attached to an aromatic ring is 1. The van der Waals surface area contributed by atoms with Gasteiger partial charge in [0.05, 0.1) is 11.9 Å². The highest BCUT2D eigenvalue weighted by molar-refractivity contribution is 5.95. The number of carbonyl (C=O) groups is 2. The van der Waals surface area contributed by atoms with Crippen LogP contribution >= 0.6 is 0 Å². The van der Waals surface area contributed by atoms with Crippen molar-refractivity contribution in [2.24, 2.45) is 5.73 Å². The number of benzene rings is 2. The number of aromatic nitrogens is 2. The number of nitrogens with two attached hydrogens (primary N) is 2. The summed E-state index contributed by atoms with van der Waals surface area (Å²) in [5.74, 6) is -0.225. The van der Waals surface area contributed by atoms with Crippen molar-refractivity contribution in [1.29, 1.82) is 5.26 Å². The van der Waals surface area contributed by atoms with Crippen LogP contribution in [0.1, 0.15) is 26.3 Å². The van der Waals surface area contributed by atoms with E-state index in [1.165, 1.54) is 10.9 Å². The van der Waals surface area contributed by atoms with Crippen molar-refractivity contribution >= 4 is 23.3 Å².